The third kappa shape index (κ3) is 3.04. The minimum absolute atomic E-state index is 0.0603. The summed E-state index contributed by atoms with van der Waals surface area (Å²) in [6.07, 6.45) is 10.8. The largest absolute Gasteiger partial charge is 0.360 e. The number of hydrogen-bond donors (Lipinski definition) is 2. The van der Waals surface area contributed by atoms with Crippen molar-refractivity contribution in [1.82, 2.24) is 19.9 Å². The Morgan fingerprint density at radius 3 is 2.84 bits per heavy atom. The average Bonchev–Trinajstić information content (AvgIpc) is 3.26. The third-order valence-electron chi connectivity index (χ3n) is 5.95. The molecule has 1 aliphatic carbocycles. The van der Waals surface area contributed by atoms with Crippen molar-refractivity contribution in [2.75, 3.05) is 10.2 Å². The van der Waals surface area contributed by atoms with E-state index in [0.717, 1.165) is 17.0 Å². The van der Waals surface area contributed by atoms with Crippen LogP contribution in [0, 0.1) is 5.41 Å². The summed E-state index contributed by atoms with van der Waals surface area (Å²) in [5, 5.41) is 2.99. The molecule has 3 aromatic rings. The van der Waals surface area contributed by atoms with Gasteiger partial charge in [0.2, 0.25) is 5.91 Å². The molecule has 5 rings (SSSR count). The molecule has 1 aliphatic heterocycles. The normalized spacial score (nSPS) is 23.9. The number of benzene rings is 1. The number of carbonyl (C=O) groups excluding carboxylic acids is 1. The van der Waals surface area contributed by atoms with Crippen molar-refractivity contribution in [1.29, 1.82) is 0 Å². The topological polar surface area (TPSA) is 86.8 Å². The van der Waals surface area contributed by atoms with Gasteiger partial charge in [0.1, 0.15) is 11.8 Å². The van der Waals surface area contributed by atoms with Crippen LogP contribution < -0.4 is 10.2 Å². The van der Waals surface area contributed by atoms with E-state index < -0.39 is 10.8 Å². The Morgan fingerprint density at radius 2 is 2.03 bits per heavy atom. The van der Waals surface area contributed by atoms with Crippen LogP contribution in [0.2, 0.25) is 0 Å². The number of rotatable bonds is 4. The average molecular weight is 433 g/mol. The summed E-state index contributed by atoms with van der Waals surface area (Å²) < 4.78 is 0. The number of imidazole rings is 1. The number of aromatic nitrogens is 4. The highest BCUT2D eigenvalue weighted by molar-refractivity contribution is 6.26. The van der Waals surface area contributed by atoms with Crippen LogP contribution in [0.1, 0.15) is 13.8 Å². The molecule has 0 fully saturated rings. The standard InChI is InChI=1S/C23H21ClN6O/c1-14(29-21-19-20(26-12-25-19)27-13-28-21)17-11-15-7-6-10-18(24)23(15,2)22(31)30(17)16-8-4-3-5-9-16/h3-14,18H,1-2H3,(H2,25,26,27,28,29)/t14-,18?,23?/m0/s1. The summed E-state index contributed by atoms with van der Waals surface area (Å²) >= 11 is 6.64. The summed E-state index contributed by atoms with van der Waals surface area (Å²) in [6.45, 7) is 3.90. The van der Waals surface area contributed by atoms with Crippen molar-refractivity contribution in [3.05, 3.63) is 78.6 Å². The van der Waals surface area contributed by atoms with E-state index in [1.165, 1.54) is 6.33 Å². The molecular formula is C23H21ClN6O. The first-order valence-electron chi connectivity index (χ1n) is 10.0. The zero-order valence-corrected chi connectivity index (χ0v) is 17.8. The quantitative estimate of drug-likeness (QED) is 0.603. The Balaban J connectivity index is 1.61. The smallest absolute Gasteiger partial charge is 0.243 e. The van der Waals surface area contributed by atoms with Gasteiger partial charge in [-0.3, -0.25) is 9.69 Å². The van der Waals surface area contributed by atoms with Gasteiger partial charge >= 0.3 is 0 Å². The molecule has 8 heteroatoms. The molecule has 1 amide bonds. The van der Waals surface area contributed by atoms with Gasteiger partial charge in [0.25, 0.3) is 0 Å². The van der Waals surface area contributed by atoms with Gasteiger partial charge in [-0.1, -0.05) is 36.4 Å². The predicted octanol–water partition coefficient (Wildman–Crippen LogP) is 4.19. The number of allylic oxidation sites excluding steroid dienone is 4. The monoisotopic (exact) mass is 432 g/mol. The summed E-state index contributed by atoms with van der Waals surface area (Å²) in [4.78, 5) is 31.4. The van der Waals surface area contributed by atoms with Crippen LogP contribution in [0.5, 0.6) is 0 Å². The Labute approximate surface area is 184 Å². The minimum Gasteiger partial charge on any atom is -0.360 e. The van der Waals surface area contributed by atoms with E-state index in [-0.39, 0.29) is 11.9 Å². The fraction of sp³-hybridized carbons (Fsp3) is 0.217. The molecule has 7 nitrogen and oxygen atoms in total. The molecule has 0 saturated carbocycles. The fourth-order valence-corrected chi connectivity index (χ4v) is 4.41. The first-order chi connectivity index (χ1) is 15.0. The fourth-order valence-electron chi connectivity index (χ4n) is 4.11. The van der Waals surface area contributed by atoms with Crippen molar-refractivity contribution >= 4 is 40.2 Å². The van der Waals surface area contributed by atoms with E-state index >= 15 is 0 Å². The molecule has 2 aromatic heterocycles. The lowest BCUT2D eigenvalue weighted by Gasteiger charge is -2.45. The SMILES string of the molecule is C[C@H](Nc1ncnc2nc[nH]c12)C1=CC2=CC=CC(Cl)C2(C)C(=O)N1c1ccccc1. The van der Waals surface area contributed by atoms with E-state index in [0.29, 0.717) is 17.0 Å². The second-order valence-electron chi connectivity index (χ2n) is 7.85. The summed E-state index contributed by atoms with van der Waals surface area (Å²) in [5.41, 5.74) is 2.95. The number of fused-ring (bicyclic) bond motifs is 2. The highest BCUT2D eigenvalue weighted by atomic mass is 35.5. The molecule has 1 aromatic carbocycles. The van der Waals surface area contributed by atoms with Crippen molar-refractivity contribution in [2.45, 2.75) is 25.3 Å². The molecule has 3 heterocycles. The molecule has 2 aliphatic rings. The molecule has 0 bridgehead atoms. The van der Waals surface area contributed by atoms with E-state index in [9.17, 15) is 4.79 Å². The third-order valence-corrected chi connectivity index (χ3v) is 6.53. The maximum atomic E-state index is 13.9. The van der Waals surface area contributed by atoms with Gasteiger partial charge in [-0.05, 0) is 37.6 Å². The van der Waals surface area contributed by atoms with E-state index in [1.54, 1.807) is 11.2 Å². The van der Waals surface area contributed by atoms with Crippen LogP contribution in [0.3, 0.4) is 0 Å². The number of nitrogens with zero attached hydrogens (tertiary/aromatic N) is 4. The lowest BCUT2D eigenvalue weighted by molar-refractivity contribution is -0.125. The van der Waals surface area contributed by atoms with Crippen LogP contribution in [-0.4, -0.2) is 37.3 Å². The Kier molecular flexibility index (Phi) is 4.63. The minimum atomic E-state index is -0.846. The second-order valence-corrected chi connectivity index (χ2v) is 8.32. The number of halogens is 1. The predicted molar refractivity (Wildman–Crippen MR) is 122 cm³/mol. The Morgan fingerprint density at radius 1 is 1.23 bits per heavy atom. The number of nitrogens with one attached hydrogen (secondary N) is 2. The van der Waals surface area contributed by atoms with Crippen LogP contribution in [0.15, 0.2) is 78.6 Å². The highest BCUT2D eigenvalue weighted by Gasteiger charge is 2.50. The maximum absolute atomic E-state index is 13.9. The van der Waals surface area contributed by atoms with Crippen LogP contribution in [0.4, 0.5) is 11.5 Å². The van der Waals surface area contributed by atoms with Crippen molar-refractivity contribution < 1.29 is 4.79 Å². The number of alkyl halides is 1. The second kappa shape index (κ2) is 7.35. The molecule has 0 saturated heterocycles. The zero-order valence-electron chi connectivity index (χ0n) is 17.1. The first kappa shape index (κ1) is 19.5. The number of hydrogen-bond acceptors (Lipinski definition) is 5. The maximum Gasteiger partial charge on any atom is 0.243 e. The lowest BCUT2D eigenvalue weighted by Crippen LogP contribution is -2.53. The molecule has 3 atom stereocenters. The van der Waals surface area contributed by atoms with Crippen LogP contribution in [-0.2, 0) is 4.79 Å². The Hall–Kier alpha value is -3.45. The number of aromatic amines is 1. The number of H-pyrrole nitrogens is 1. The highest BCUT2D eigenvalue weighted by Crippen LogP contribution is 2.46. The molecule has 2 unspecified atom stereocenters. The van der Waals surface area contributed by atoms with E-state index in [4.69, 9.17) is 11.6 Å². The number of amides is 1. The molecule has 156 valence electrons. The molecular weight excluding hydrogens is 412 g/mol. The van der Waals surface area contributed by atoms with Crippen molar-refractivity contribution in [2.24, 2.45) is 5.41 Å². The van der Waals surface area contributed by atoms with Gasteiger partial charge < -0.3 is 10.3 Å². The van der Waals surface area contributed by atoms with Crippen LogP contribution >= 0.6 is 11.6 Å². The molecule has 0 radical (unpaired) electrons. The first-order valence-corrected chi connectivity index (χ1v) is 10.5. The van der Waals surface area contributed by atoms with Gasteiger partial charge in [-0.15, -0.1) is 11.6 Å². The van der Waals surface area contributed by atoms with E-state index in [1.807, 2.05) is 62.4 Å². The lowest BCUT2D eigenvalue weighted by atomic mass is 9.72. The Bertz CT molecular complexity index is 1250. The molecule has 31 heavy (non-hydrogen) atoms. The van der Waals surface area contributed by atoms with Gasteiger partial charge in [-0.25, -0.2) is 15.0 Å². The van der Waals surface area contributed by atoms with Gasteiger partial charge in [-0.2, -0.15) is 0 Å². The van der Waals surface area contributed by atoms with Crippen molar-refractivity contribution in [3.8, 4) is 0 Å². The number of anilines is 2. The molecule has 0 spiro atoms. The number of carbonyl (C=O) groups is 1. The van der Waals surface area contributed by atoms with Crippen molar-refractivity contribution in [3.63, 3.8) is 0 Å². The summed E-state index contributed by atoms with van der Waals surface area (Å²) in [7, 11) is 0. The van der Waals surface area contributed by atoms with Gasteiger partial charge in [0.15, 0.2) is 11.5 Å². The van der Waals surface area contributed by atoms with E-state index in [2.05, 4.69) is 31.3 Å². The zero-order chi connectivity index (χ0) is 21.6. The summed E-state index contributed by atoms with van der Waals surface area (Å²) in [6, 6.07) is 9.38. The van der Waals surface area contributed by atoms with Crippen LogP contribution in [0.25, 0.3) is 11.2 Å². The molecule has 2 N–H and O–H groups in total. The van der Waals surface area contributed by atoms with Gasteiger partial charge in [0.05, 0.1) is 23.2 Å². The number of para-hydroxylation sites is 1. The van der Waals surface area contributed by atoms with Gasteiger partial charge in [0, 0.05) is 11.4 Å². The summed E-state index contributed by atoms with van der Waals surface area (Å²) in [5.74, 6) is 0.562.